The van der Waals surface area contributed by atoms with Crippen molar-refractivity contribution in [3.8, 4) is 0 Å². The van der Waals surface area contributed by atoms with Crippen LogP contribution >= 0.6 is 0 Å². The van der Waals surface area contributed by atoms with Crippen LogP contribution in [0.15, 0.2) is 30.3 Å². The van der Waals surface area contributed by atoms with E-state index in [9.17, 15) is 0 Å². The third kappa shape index (κ3) is 2.83. The Morgan fingerprint density at radius 3 is 2.31 bits per heavy atom. The Bertz CT molecular complexity index is 302. The number of benzene rings is 1. The molecule has 0 aromatic heterocycles. The van der Waals surface area contributed by atoms with E-state index >= 15 is 0 Å². The van der Waals surface area contributed by atoms with E-state index in [1.54, 1.807) is 0 Å². The van der Waals surface area contributed by atoms with Crippen molar-refractivity contribution >= 4 is 0 Å². The Hall–Kier alpha value is -0.860. The van der Waals surface area contributed by atoms with Crippen molar-refractivity contribution in [2.45, 2.75) is 18.9 Å². The third-order valence-electron chi connectivity index (χ3n) is 3.44. The molecule has 1 heterocycles. The van der Waals surface area contributed by atoms with Gasteiger partial charge in [0.25, 0.3) is 0 Å². The lowest BCUT2D eigenvalue weighted by Gasteiger charge is -2.29. The number of hydrogen-bond donors (Lipinski definition) is 0. The van der Waals surface area contributed by atoms with Gasteiger partial charge in [-0.3, -0.25) is 0 Å². The molecule has 0 bridgehead atoms. The van der Waals surface area contributed by atoms with Gasteiger partial charge in [0.1, 0.15) is 0 Å². The van der Waals surface area contributed by atoms with Crippen LogP contribution in [0.4, 0.5) is 0 Å². The summed E-state index contributed by atoms with van der Waals surface area (Å²) < 4.78 is 0. The normalized spacial score (nSPS) is 19.2. The average Bonchev–Trinajstić information content (AvgIpc) is 2.79. The number of nitrogens with zero attached hydrogens (tertiary/aromatic N) is 2. The lowest BCUT2D eigenvalue weighted by atomic mass is 10.1. The van der Waals surface area contributed by atoms with Gasteiger partial charge in [-0.05, 0) is 45.6 Å². The maximum Gasteiger partial charge on any atom is 0.0469 e. The van der Waals surface area contributed by atoms with Gasteiger partial charge in [0.2, 0.25) is 0 Å². The van der Waals surface area contributed by atoms with E-state index in [0.717, 1.165) is 6.54 Å². The fraction of sp³-hybridized carbons (Fsp3) is 0.571. The number of hydrogen-bond acceptors (Lipinski definition) is 2. The summed E-state index contributed by atoms with van der Waals surface area (Å²) in [6.45, 7) is 3.71. The van der Waals surface area contributed by atoms with Crippen molar-refractivity contribution in [1.29, 1.82) is 0 Å². The highest BCUT2D eigenvalue weighted by Crippen LogP contribution is 2.21. The zero-order chi connectivity index (χ0) is 11.4. The summed E-state index contributed by atoms with van der Waals surface area (Å²) in [4.78, 5) is 4.91. The van der Waals surface area contributed by atoms with Gasteiger partial charge in [-0.15, -0.1) is 0 Å². The topological polar surface area (TPSA) is 6.48 Å². The quantitative estimate of drug-likeness (QED) is 0.765. The first-order valence-corrected chi connectivity index (χ1v) is 6.21. The zero-order valence-corrected chi connectivity index (χ0v) is 10.4. The minimum absolute atomic E-state index is 0.527. The van der Waals surface area contributed by atoms with E-state index < -0.39 is 0 Å². The van der Waals surface area contributed by atoms with Crippen molar-refractivity contribution < 1.29 is 0 Å². The van der Waals surface area contributed by atoms with Crippen molar-refractivity contribution in [2.75, 3.05) is 33.7 Å². The molecule has 2 nitrogen and oxygen atoms in total. The second-order valence-corrected chi connectivity index (χ2v) is 4.90. The Labute approximate surface area is 98.9 Å². The molecule has 0 aliphatic carbocycles. The Kier molecular flexibility index (Phi) is 3.97. The molecule has 1 unspecified atom stereocenters. The fourth-order valence-electron chi connectivity index (χ4n) is 2.45. The summed E-state index contributed by atoms with van der Waals surface area (Å²) in [6, 6.07) is 11.4. The van der Waals surface area contributed by atoms with E-state index in [0.29, 0.717) is 6.04 Å². The van der Waals surface area contributed by atoms with E-state index in [4.69, 9.17) is 0 Å². The van der Waals surface area contributed by atoms with Gasteiger partial charge in [0, 0.05) is 12.6 Å². The van der Waals surface area contributed by atoms with Gasteiger partial charge in [0.05, 0.1) is 0 Å². The SMILES string of the molecule is CN(C)C(CN1CCCC1)c1ccccc1. The molecule has 0 spiro atoms. The van der Waals surface area contributed by atoms with E-state index in [1.807, 2.05) is 0 Å². The first-order chi connectivity index (χ1) is 7.77. The smallest absolute Gasteiger partial charge is 0.0469 e. The maximum atomic E-state index is 2.58. The van der Waals surface area contributed by atoms with Gasteiger partial charge in [-0.2, -0.15) is 0 Å². The summed E-state index contributed by atoms with van der Waals surface area (Å²) in [5.74, 6) is 0. The standard InChI is InChI=1S/C14H22N2/c1-15(2)14(12-16-10-6-7-11-16)13-8-4-3-5-9-13/h3-5,8-9,14H,6-7,10-12H2,1-2H3. The molecule has 16 heavy (non-hydrogen) atoms. The molecule has 1 aromatic rings. The second-order valence-electron chi connectivity index (χ2n) is 4.90. The predicted octanol–water partition coefficient (Wildman–Crippen LogP) is 2.39. The maximum absolute atomic E-state index is 2.58. The van der Waals surface area contributed by atoms with Gasteiger partial charge in [0.15, 0.2) is 0 Å². The molecular weight excluding hydrogens is 196 g/mol. The number of rotatable bonds is 4. The van der Waals surface area contributed by atoms with Crippen LogP contribution in [0, 0.1) is 0 Å². The molecule has 0 N–H and O–H groups in total. The Balaban J connectivity index is 2.05. The monoisotopic (exact) mass is 218 g/mol. The molecular formula is C14H22N2. The highest BCUT2D eigenvalue weighted by molar-refractivity contribution is 5.19. The van der Waals surface area contributed by atoms with Crippen LogP contribution in [-0.4, -0.2) is 43.5 Å². The largest absolute Gasteiger partial charge is 0.301 e. The first kappa shape index (κ1) is 11.6. The Morgan fingerprint density at radius 2 is 1.75 bits per heavy atom. The lowest BCUT2D eigenvalue weighted by molar-refractivity contribution is 0.209. The van der Waals surface area contributed by atoms with Crippen LogP contribution in [-0.2, 0) is 0 Å². The molecule has 1 saturated heterocycles. The van der Waals surface area contributed by atoms with Crippen LogP contribution in [0.2, 0.25) is 0 Å². The average molecular weight is 218 g/mol. The number of likely N-dealkylation sites (N-methyl/N-ethyl adjacent to an activating group) is 1. The predicted molar refractivity (Wildman–Crippen MR) is 68.5 cm³/mol. The fourth-order valence-corrected chi connectivity index (χ4v) is 2.45. The highest BCUT2D eigenvalue weighted by atomic mass is 15.2. The van der Waals surface area contributed by atoms with Gasteiger partial charge in [-0.1, -0.05) is 30.3 Å². The molecule has 2 rings (SSSR count). The molecule has 88 valence electrons. The van der Waals surface area contributed by atoms with Crippen molar-refractivity contribution in [3.63, 3.8) is 0 Å². The second kappa shape index (κ2) is 5.46. The van der Waals surface area contributed by atoms with Crippen LogP contribution in [0.3, 0.4) is 0 Å². The van der Waals surface area contributed by atoms with Crippen molar-refractivity contribution in [2.24, 2.45) is 0 Å². The summed E-state index contributed by atoms with van der Waals surface area (Å²) in [5, 5.41) is 0. The molecule has 0 saturated carbocycles. The highest BCUT2D eigenvalue weighted by Gasteiger charge is 2.20. The van der Waals surface area contributed by atoms with Crippen molar-refractivity contribution in [1.82, 2.24) is 9.80 Å². The molecule has 1 atom stereocenters. The van der Waals surface area contributed by atoms with Crippen LogP contribution in [0.5, 0.6) is 0 Å². The lowest BCUT2D eigenvalue weighted by Crippen LogP contribution is -2.33. The molecule has 0 radical (unpaired) electrons. The summed E-state index contributed by atoms with van der Waals surface area (Å²) in [7, 11) is 4.35. The van der Waals surface area contributed by atoms with Crippen LogP contribution in [0.1, 0.15) is 24.4 Å². The number of likely N-dealkylation sites (tertiary alicyclic amines) is 1. The van der Waals surface area contributed by atoms with Crippen molar-refractivity contribution in [3.05, 3.63) is 35.9 Å². The third-order valence-corrected chi connectivity index (χ3v) is 3.44. The van der Waals surface area contributed by atoms with Gasteiger partial charge >= 0.3 is 0 Å². The van der Waals surface area contributed by atoms with E-state index in [-0.39, 0.29) is 0 Å². The molecule has 1 aromatic carbocycles. The Morgan fingerprint density at radius 1 is 1.12 bits per heavy atom. The van der Waals surface area contributed by atoms with E-state index in [2.05, 4.69) is 54.2 Å². The molecule has 1 aliphatic heterocycles. The zero-order valence-electron chi connectivity index (χ0n) is 10.4. The van der Waals surface area contributed by atoms with E-state index in [1.165, 1.54) is 31.5 Å². The van der Waals surface area contributed by atoms with Gasteiger partial charge in [-0.25, -0.2) is 0 Å². The minimum atomic E-state index is 0.527. The summed E-state index contributed by atoms with van der Waals surface area (Å²) in [6.07, 6.45) is 2.74. The van der Waals surface area contributed by atoms with Gasteiger partial charge < -0.3 is 9.80 Å². The summed E-state index contributed by atoms with van der Waals surface area (Å²) in [5.41, 5.74) is 1.43. The minimum Gasteiger partial charge on any atom is -0.301 e. The van der Waals surface area contributed by atoms with Crippen LogP contribution in [0.25, 0.3) is 0 Å². The molecule has 2 heteroatoms. The summed E-state index contributed by atoms with van der Waals surface area (Å²) >= 11 is 0. The molecule has 1 fully saturated rings. The van der Waals surface area contributed by atoms with Crippen LogP contribution < -0.4 is 0 Å². The molecule has 1 aliphatic rings. The molecule has 0 amide bonds. The first-order valence-electron chi connectivity index (χ1n) is 6.21.